The summed E-state index contributed by atoms with van der Waals surface area (Å²) in [6.07, 6.45) is 2.50. The van der Waals surface area contributed by atoms with Crippen LogP contribution in [0.5, 0.6) is 0 Å². The van der Waals surface area contributed by atoms with Gasteiger partial charge in [0.15, 0.2) is 0 Å². The number of unbranched alkanes of at least 4 members (excludes halogenated alkanes) is 1. The van der Waals surface area contributed by atoms with Crippen LogP contribution in [0, 0.1) is 0 Å². The van der Waals surface area contributed by atoms with E-state index in [0.717, 1.165) is 30.7 Å². The first-order valence-electron chi connectivity index (χ1n) is 5.97. The molecule has 88 valence electrons. The molecule has 0 spiro atoms. The van der Waals surface area contributed by atoms with Gasteiger partial charge in [-0.15, -0.1) is 0 Å². The fraction of sp³-hybridized carbons (Fsp3) is 0.500. The molecule has 0 heterocycles. The van der Waals surface area contributed by atoms with E-state index < -0.39 is 6.10 Å². The molecule has 0 saturated carbocycles. The van der Waals surface area contributed by atoms with E-state index in [4.69, 9.17) is 0 Å². The Kier molecular flexibility index (Phi) is 5.79. The van der Waals surface area contributed by atoms with Gasteiger partial charge in [0.1, 0.15) is 0 Å². The summed E-state index contributed by atoms with van der Waals surface area (Å²) in [6, 6.07) is 9.75. The van der Waals surface area contributed by atoms with E-state index >= 15 is 0 Å². The molecule has 1 aromatic carbocycles. The van der Waals surface area contributed by atoms with E-state index in [1.165, 1.54) is 0 Å². The lowest BCUT2D eigenvalue weighted by atomic mass is 10.0. The third kappa shape index (κ3) is 4.58. The summed E-state index contributed by atoms with van der Waals surface area (Å²) in [4.78, 5) is 4.44. The molecule has 1 N–H and O–H groups in total. The Hall–Kier alpha value is -1.15. The lowest BCUT2D eigenvalue weighted by molar-refractivity contribution is 0.186. The maximum absolute atomic E-state index is 9.97. The van der Waals surface area contributed by atoms with Gasteiger partial charge in [0, 0.05) is 18.7 Å². The van der Waals surface area contributed by atoms with Crippen LogP contribution in [0.15, 0.2) is 35.3 Å². The van der Waals surface area contributed by atoms with Gasteiger partial charge in [-0.3, -0.25) is 4.99 Å². The molecular weight excluding hydrogens is 198 g/mol. The second kappa shape index (κ2) is 7.18. The van der Waals surface area contributed by atoms with Gasteiger partial charge < -0.3 is 5.11 Å². The van der Waals surface area contributed by atoms with E-state index in [0.29, 0.717) is 6.42 Å². The third-order valence-electron chi connectivity index (χ3n) is 2.57. The smallest absolute Gasteiger partial charge is 0.0841 e. The van der Waals surface area contributed by atoms with E-state index in [1.54, 1.807) is 0 Å². The maximum Gasteiger partial charge on any atom is 0.0841 e. The van der Waals surface area contributed by atoms with Crippen molar-refractivity contribution in [1.29, 1.82) is 0 Å². The van der Waals surface area contributed by atoms with Crippen molar-refractivity contribution in [2.24, 2.45) is 4.99 Å². The normalized spacial score (nSPS) is 13.8. The average molecular weight is 219 g/mol. The average Bonchev–Trinajstić information content (AvgIpc) is 2.30. The van der Waals surface area contributed by atoms with Gasteiger partial charge in [0.05, 0.1) is 6.10 Å². The van der Waals surface area contributed by atoms with Crippen LogP contribution >= 0.6 is 0 Å². The zero-order valence-corrected chi connectivity index (χ0v) is 10.2. The van der Waals surface area contributed by atoms with Gasteiger partial charge in [-0.2, -0.15) is 0 Å². The Labute approximate surface area is 98.0 Å². The minimum absolute atomic E-state index is 0.424. The van der Waals surface area contributed by atoms with Crippen LogP contribution in [0.1, 0.15) is 44.8 Å². The SMILES string of the molecule is CCCCN=C(C)CC(O)c1ccccc1. The molecular formula is C14H21NO. The number of aliphatic hydroxyl groups excluding tert-OH is 1. The molecule has 2 heteroatoms. The summed E-state index contributed by atoms with van der Waals surface area (Å²) < 4.78 is 0. The molecule has 0 bridgehead atoms. The monoisotopic (exact) mass is 219 g/mol. The molecule has 1 rings (SSSR count). The van der Waals surface area contributed by atoms with Crippen LogP contribution in [-0.4, -0.2) is 17.4 Å². The molecule has 0 amide bonds. The Morgan fingerprint density at radius 1 is 1.31 bits per heavy atom. The van der Waals surface area contributed by atoms with Crippen molar-refractivity contribution in [3.63, 3.8) is 0 Å². The number of benzene rings is 1. The molecule has 0 aromatic heterocycles. The number of hydrogen-bond acceptors (Lipinski definition) is 2. The van der Waals surface area contributed by atoms with E-state index in [2.05, 4.69) is 11.9 Å². The minimum Gasteiger partial charge on any atom is -0.388 e. The lowest BCUT2D eigenvalue weighted by Crippen LogP contribution is -2.04. The first-order valence-corrected chi connectivity index (χ1v) is 5.97. The topological polar surface area (TPSA) is 32.6 Å². The Bertz CT molecular complexity index is 319. The van der Waals surface area contributed by atoms with Crippen molar-refractivity contribution >= 4 is 5.71 Å². The summed E-state index contributed by atoms with van der Waals surface area (Å²) in [5.74, 6) is 0. The highest BCUT2D eigenvalue weighted by atomic mass is 16.3. The highest BCUT2D eigenvalue weighted by molar-refractivity contribution is 5.82. The summed E-state index contributed by atoms with van der Waals surface area (Å²) in [5.41, 5.74) is 2.00. The molecule has 1 aromatic rings. The molecule has 1 atom stereocenters. The van der Waals surface area contributed by atoms with Crippen LogP contribution < -0.4 is 0 Å². The predicted octanol–water partition coefficient (Wildman–Crippen LogP) is 3.37. The van der Waals surface area contributed by atoms with Crippen LogP contribution in [0.2, 0.25) is 0 Å². The molecule has 16 heavy (non-hydrogen) atoms. The quantitative estimate of drug-likeness (QED) is 0.577. The summed E-state index contributed by atoms with van der Waals surface area (Å²) in [7, 11) is 0. The van der Waals surface area contributed by atoms with Crippen molar-refractivity contribution in [2.45, 2.75) is 39.2 Å². The van der Waals surface area contributed by atoms with Crippen molar-refractivity contribution in [3.8, 4) is 0 Å². The zero-order valence-electron chi connectivity index (χ0n) is 10.2. The molecule has 0 aliphatic carbocycles. The van der Waals surface area contributed by atoms with Crippen LogP contribution in [0.25, 0.3) is 0 Å². The number of aliphatic hydroxyl groups is 1. The molecule has 0 aliphatic heterocycles. The molecule has 2 nitrogen and oxygen atoms in total. The predicted molar refractivity (Wildman–Crippen MR) is 68.9 cm³/mol. The van der Waals surface area contributed by atoms with Crippen LogP contribution in [0.3, 0.4) is 0 Å². The number of aliphatic imine (C=N–C) groups is 1. The van der Waals surface area contributed by atoms with E-state index in [-0.39, 0.29) is 0 Å². The standard InChI is InChI=1S/C14H21NO/c1-3-4-10-15-12(2)11-14(16)13-8-6-5-7-9-13/h5-9,14,16H,3-4,10-11H2,1-2H3. The summed E-state index contributed by atoms with van der Waals surface area (Å²) in [6.45, 7) is 5.02. The highest BCUT2D eigenvalue weighted by Crippen LogP contribution is 2.16. The van der Waals surface area contributed by atoms with Gasteiger partial charge in [0.2, 0.25) is 0 Å². The van der Waals surface area contributed by atoms with Crippen molar-refractivity contribution < 1.29 is 5.11 Å². The van der Waals surface area contributed by atoms with Crippen molar-refractivity contribution in [3.05, 3.63) is 35.9 Å². The van der Waals surface area contributed by atoms with Gasteiger partial charge in [-0.05, 0) is 18.9 Å². The van der Waals surface area contributed by atoms with Gasteiger partial charge in [-0.1, -0.05) is 43.7 Å². The highest BCUT2D eigenvalue weighted by Gasteiger charge is 2.07. The van der Waals surface area contributed by atoms with Crippen LogP contribution in [-0.2, 0) is 0 Å². The van der Waals surface area contributed by atoms with Crippen molar-refractivity contribution in [2.75, 3.05) is 6.54 Å². The summed E-state index contributed by atoms with van der Waals surface area (Å²) >= 11 is 0. The van der Waals surface area contributed by atoms with Gasteiger partial charge in [-0.25, -0.2) is 0 Å². The molecule has 0 radical (unpaired) electrons. The molecule has 0 fully saturated rings. The zero-order chi connectivity index (χ0) is 11.8. The van der Waals surface area contributed by atoms with Crippen molar-refractivity contribution in [1.82, 2.24) is 0 Å². The molecule has 0 saturated heterocycles. The van der Waals surface area contributed by atoms with E-state index in [1.807, 2.05) is 37.3 Å². The molecule has 1 unspecified atom stereocenters. The first kappa shape index (κ1) is 12.9. The second-order valence-electron chi connectivity index (χ2n) is 4.10. The fourth-order valence-electron chi connectivity index (χ4n) is 1.57. The Morgan fingerprint density at radius 2 is 2.00 bits per heavy atom. The van der Waals surface area contributed by atoms with Gasteiger partial charge in [0.25, 0.3) is 0 Å². The Balaban J connectivity index is 2.45. The maximum atomic E-state index is 9.97. The Morgan fingerprint density at radius 3 is 2.62 bits per heavy atom. The summed E-state index contributed by atoms with van der Waals surface area (Å²) in [5, 5.41) is 9.97. The first-order chi connectivity index (χ1) is 7.74. The number of hydrogen-bond donors (Lipinski definition) is 1. The van der Waals surface area contributed by atoms with E-state index in [9.17, 15) is 5.11 Å². The van der Waals surface area contributed by atoms with Crippen LogP contribution in [0.4, 0.5) is 0 Å². The lowest BCUT2D eigenvalue weighted by Gasteiger charge is -2.10. The minimum atomic E-state index is -0.424. The largest absolute Gasteiger partial charge is 0.388 e. The van der Waals surface area contributed by atoms with Gasteiger partial charge >= 0.3 is 0 Å². The molecule has 0 aliphatic rings. The fourth-order valence-corrected chi connectivity index (χ4v) is 1.57. The number of nitrogens with zero attached hydrogens (tertiary/aromatic N) is 1. The second-order valence-corrected chi connectivity index (χ2v) is 4.10. The third-order valence-corrected chi connectivity index (χ3v) is 2.57. The number of rotatable bonds is 6.